The van der Waals surface area contributed by atoms with E-state index >= 15 is 0 Å². The lowest BCUT2D eigenvalue weighted by Crippen LogP contribution is -2.46. The summed E-state index contributed by atoms with van der Waals surface area (Å²) in [5.74, 6) is 0. The Balaban J connectivity index is 1.62. The van der Waals surface area contributed by atoms with Gasteiger partial charge < -0.3 is 14.4 Å². The van der Waals surface area contributed by atoms with Crippen molar-refractivity contribution in [3.63, 3.8) is 0 Å². The molecule has 0 bridgehead atoms. The Bertz CT molecular complexity index is 669. The summed E-state index contributed by atoms with van der Waals surface area (Å²) in [4.78, 5) is 14.1. The van der Waals surface area contributed by atoms with E-state index in [4.69, 9.17) is 9.47 Å². The van der Waals surface area contributed by atoms with Crippen LogP contribution >= 0.6 is 0 Å². The van der Waals surface area contributed by atoms with Crippen LogP contribution in [-0.2, 0) is 16.1 Å². The number of nitrogens with zero attached hydrogens (tertiary/aromatic N) is 1. The second-order valence-corrected chi connectivity index (χ2v) is 6.29. The highest BCUT2D eigenvalue weighted by molar-refractivity contribution is 5.68. The molecule has 4 nitrogen and oxygen atoms in total. The lowest BCUT2D eigenvalue weighted by molar-refractivity contribution is -0.0747. The molecule has 1 amide bonds. The van der Waals surface area contributed by atoms with Gasteiger partial charge in [-0.25, -0.2) is 4.79 Å². The molecule has 0 aromatic heterocycles. The second-order valence-electron chi connectivity index (χ2n) is 6.29. The van der Waals surface area contributed by atoms with Gasteiger partial charge in [-0.1, -0.05) is 60.2 Å². The van der Waals surface area contributed by atoms with Crippen LogP contribution in [0.5, 0.6) is 0 Å². The molecule has 0 radical (unpaired) electrons. The van der Waals surface area contributed by atoms with Crippen molar-refractivity contribution in [1.29, 1.82) is 0 Å². The van der Waals surface area contributed by atoms with E-state index in [1.165, 1.54) is 5.56 Å². The molecule has 24 heavy (non-hydrogen) atoms. The SMILES string of the molecule is Cc1ccc(C2CN(C(=O)OCc3ccccc3)CC(C)O2)cc1. The molecule has 3 rings (SSSR count). The predicted octanol–water partition coefficient (Wildman–Crippen LogP) is 4.09. The number of ether oxygens (including phenoxy) is 2. The minimum absolute atomic E-state index is 0.0191. The van der Waals surface area contributed by atoms with Gasteiger partial charge in [0.15, 0.2) is 0 Å². The molecule has 1 heterocycles. The maximum absolute atomic E-state index is 12.4. The van der Waals surface area contributed by atoms with E-state index in [0.717, 1.165) is 11.1 Å². The third-order valence-corrected chi connectivity index (χ3v) is 4.17. The van der Waals surface area contributed by atoms with Crippen molar-refractivity contribution in [2.24, 2.45) is 0 Å². The summed E-state index contributed by atoms with van der Waals surface area (Å²) in [5.41, 5.74) is 3.29. The van der Waals surface area contributed by atoms with Crippen LogP contribution in [0.2, 0.25) is 0 Å². The third kappa shape index (κ3) is 4.15. The molecule has 2 aromatic rings. The second kappa shape index (κ2) is 7.49. The molecule has 2 atom stereocenters. The van der Waals surface area contributed by atoms with Crippen LogP contribution in [0.15, 0.2) is 54.6 Å². The highest BCUT2D eigenvalue weighted by atomic mass is 16.6. The lowest BCUT2D eigenvalue weighted by Gasteiger charge is -2.36. The zero-order valence-corrected chi connectivity index (χ0v) is 14.1. The number of morpholine rings is 1. The summed E-state index contributed by atoms with van der Waals surface area (Å²) < 4.78 is 11.5. The van der Waals surface area contributed by atoms with E-state index in [-0.39, 0.29) is 18.3 Å². The van der Waals surface area contributed by atoms with Crippen LogP contribution in [0.4, 0.5) is 4.79 Å². The number of benzene rings is 2. The fourth-order valence-electron chi connectivity index (χ4n) is 2.88. The Labute approximate surface area is 143 Å². The van der Waals surface area contributed by atoms with E-state index in [1.807, 2.05) is 37.3 Å². The van der Waals surface area contributed by atoms with Gasteiger partial charge in [0.25, 0.3) is 0 Å². The summed E-state index contributed by atoms with van der Waals surface area (Å²) in [5, 5.41) is 0. The Morgan fingerprint density at radius 2 is 1.83 bits per heavy atom. The normalized spacial score (nSPS) is 20.7. The van der Waals surface area contributed by atoms with Crippen LogP contribution in [0.3, 0.4) is 0 Å². The maximum Gasteiger partial charge on any atom is 0.410 e. The van der Waals surface area contributed by atoms with E-state index in [9.17, 15) is 4.79 Å². The lowest BCUT2D eigenvalue weighted by atomic mass is 10.1. The molecule has 1 aliphatic rings. The monoisotopic (exact) mass is 325 g/mol. The molecule has 0 aliphatic carbocycles. The first-order valence-corrected chi connectivity index (χ1v) is 8.29. The third-order valence-electron chi connectivity index (χ3n) is 4.17. The Morgan fingerprint density at radius 1 is 1.12 bits per heavy atom. The zero-order chi connectivity index (χ0) is 16.9. The van der Waals surface area contributed by atoms with Crippen molar-refractivity contribution in [3.05, 3.63) is 71.3 Å². The van der Waals surface area contributed by atoms with Gasteiger partial charge in [0, 0.05) is 0 Å². The van der Waals surface area contributed by atoms with Crippen molar-refractivity contribution in [2.75, 3.05) is 13.1 Å². The molecule has 0 saturated carbocycles. The molecule has 1 aliphatic heterocycles. The van der Waals surface area contributed by atoms with Gasteiger partial charge in [0.1, 0.15) is 12.7 Å². The van der Waals surface area contributed by atoms with Crippen LogP contribution in [-0.4, -0.2) is 30.2 Å². The summed E-state index contributed by atoms with van der Waals surface area (Å²) >= 11 is 0. The molecular weight excluding hydrogens is 302 g/mol. The first-order valence-electron chi connectivity index (χ1n) is 8.29. The number of carbonyl (C=O) groups is 1. The predicted molar refractivity (Wildman–Crippen MR) is 92.7 cm³/mol. The average Bonchev–Trinajstić information content (AvgIpc) is 2.60. The van der Waals surface area contributed by atoms with Crippen molar-refractivity contribution in [3.8, 4) is 0 Å². The van der Waals surface area contributed by atoms with Crippen molar-refractivity contribution < 1.29 is 14.3 Å². The van der Waals surface area contributed by atoms with Gasteiger partial charge in [-0.05, 0) is 25.0 Å². The van der Waals surface area contributed by atoms with Gasteiger partial charge >= 0.3 is 6.09 Å². The highest BCUT2D eigenvalue weighted by Gasteiger charge is 2.30. The van der Waals surface area contributed by atoms with Crippen molar-refractivity contribution in [1.82, 2.24) is 4.90 Å². The number of rotatable bonds is 3. The van der Waals surface area contributed by atoms with Gasteiger partial charge in [-0.15, -0.1) is 0 Å². The van der Waals surface area contributed by atoms with Gasteiger partial charge in [-0.3, -0.25) is 0 Å². The first kappa shape index (κ1) is 16.5. The molecular formula is C20H23NO3. The molecule has 126 valence electrons. The van der Waals surface area contributed by atoms with Gasteiger partial charge in [0.2, 0.25) is 0 Å². The number of amides is 1. The van der Waals surface area contributed by atoms with Crippen molar-refractivity contribution in [2.45, 2.75) is 32.7 Å². The first-order chi connectivity index (χ1) is 11.6. The van der Waals surface area contributed by atoms with E-state index in [2.05, 4.69) is 31.2 Å². The largest absolute Gasteiger partial charge is 0.445 e. The molecule has 1 saturated heterocycles. The molecule has 4 heteroatoms. The van der Waals surface area contributed by atoms with Crippen molar-refractivity contribution >= 4 is 6.09 Å². The molecule has 2 aromatic carbocycles. The molecule has 2 unspecified atom stereocenters. The molecule has 0 N–H and O–H groups in total. The maximum atomic E-state index is 12.4. The summed E-state index contributed by atoms with van der Waals surface area (Å²) in [6.07, 6.45) is -0.418. The number of carbonyl (C=O) groups excluding carboxylic acids is 1. The Morgan fingerprint density at radius 3 is 2.54 bits per heavy atom. The number of hydrogen-bond acceptors (Lipinski definition) is 3. The molecule has 0 spiro atoms. The summed E-state index contributed by atoms with van der Waals surface area (Å²) in [6, 6.07) is 18.0. The van der Waals surface area contributed by atoms with Crippen LogP contribution in [0.25, 0.3) is 0 Å². The standard InChI is InChI=1S/C20H23NO3/c1-15-8-10-18(11-9-15)19-13-21(12-16(2)24-19)20(22)23-14-17-6-4-3-5-7-17/h3-11,16,19H,12-14H2,1-2H3. The minimum Gasteiger partial charge on any atom is -0.445 e. The topological polar surface area (TPSA) is 38.8 Å². The quantitative estimate of drug-likeness (QED) is 0.853. The summed E-state index contributed by atoms with van der Waals surface area (Å²) in [7, 11) is 0. The Kier molecular flexibility index (Phi) is 5.16. The van der Waals surface area contributed by atoms with E-state index in [0.29, 0.717) is 19.7 Å². The van der Waals surface area contributed by atoms with E-state index < -0.39 is 0 Å². The zero-order valence-electron chi connectivity index (χ0n) is 14.1. The highest BCUT2D eigenvalue weighted by Crippen LogP contribution is 2.26. The fraction of sp³-hybridized carbons (Fsp3) is 0.350. The van der Waals surface area contributed by atoms with E-state index in [1.54, 1.807) is 4.90 Å². The van der Waals surface area contributed by atoms with Gasteiger partial charge in [0.05, 0.1) is 19.2 Å². The summed E-state index contributed by atoms with van der Waals surface area (Å²) in [6.45, 7) is 5.40. The Hall–Kier alpha value is -2.33. The smallest absolute Gasteiger partial charge is 0.410 e. The average molecular weight is 325 g/mol. The number of aryl methyl sites for hydroxylation is 1. The molecule has 1 fully saturated rings. The van der Waals surface area contributed by atoms with Gasteiger partial charge in [-0.2, -0.15) is 0 Å². The fourth-order valence-corrected chi connectivity index (χ4v) is 2.88. The minimum atomic E-state index is -0.286. The van der Waals surface area contributed by atoms with Crippen LogP contribution in [0.1, 0.15) is 29.7 Å². The number of hydrogen-bond donors (Lipinski definition) is 0. The van der Waals surface area contributed by atoms with Crippen LogP contribution < -0.4 is 0 Å². The van der Waals surface area contributed by atoms with Crippen LogP contribution in [0, 0.1) is 6.92 Å².